The Bertz CT molecular complexity index is 222. The average Bonchev–Trinajstić information content (AvgIpc) is 2.18. The van der Waals surface area contributed by atoms with E-state index in [2.05, 4.69) is 11.5 Å². The molecule has 2 nitrogen and oxygen atoms in total. The summed E-state index contributed by atoms with van der Waals surface area (Å²) >= 11 is 0. The summed E-state index contributed by atoms with van der Waals surface area (Å²) in [5.74, 6) is 1.13. The number of aliphatic hydroxyl groups is 1. The largest absolute Gasteiger partial charge is 0.516 e. The molecule has 3 unspecified atom stereocenters. The lowest BCUT2D eigenvalue weighted by Crippen LogP contribution is -2.48. The Labute approximate surface area is 73.2 Å². The first-order valence-corrected chi connectivity index (χ1v) is 4.53. The number of fused-ring (bicyclic) bond motifs is 3. The first-order chi connectivity index (χ1) is 5.85. The highest BCUT2D eigenvalue weighted by Gasteiger charge is 2.35. The quantitative estimate of drug-likeness (QED) is 0.471. The van der Waals surface area contributed by atoms with Crippen LogP contribution >= 0.6 is 0 Å². The van der Waals surface area contributed by atoms with Crippen LogP contribution in [0.25, 0.3) is 0 Å². The van der Waals surface area contributed by atoms with Gasteiger partial charge >= 0.3 is 0 Å². The van der Waals surface area contributed by atoms with Gasteiger partial charge in [-0.1, -0.05) is 6.08 Å². The maximum absolute atomic E-state index is 9.00. The molecule has 12 heavy (non-hydrogen) atoms. The zero-order valence-electron chi connectivity index (χ0n) is 7.24. The highest BCUT2D eigenvalue weighted by molar-refractivity contribution is 5.17. The third kappa shape index (κ3) is 1.07. The van der Waals surface area contributed by atoms with Gasteiger partial charge in [0.25, 0.3) is 0 Å². The lowest BCUT2D eigenvalue weighted by Gasteiger charge is -2.45. The second kappa shape index (κ2) is 2.94. The maximum atomic E-state index is 9.00. The fraction of sp³-hybridized carbons (Fsp3) is 0.600. The van der Waals surface area contributed by atoms with Crippen LogP contribution in [0.15, 0.2) is 24.5 Å². The van der Waals surface area contributed by atoms with Gasteiger partial charge in [-0.15, -0.1) is 6.58 Å². The van der Waals surface area contributed by atoms with E-state index in [1.54, 1.807) is 0 Å². The summed E-state index contributed by atoms with van der Waals surface area (Å²) in [7, 11) is 0. The zero-order chi connectivity index (χ0) is 8.55. The molecule has 66 valence electrons. The summed E-state index contributed by atoms with van der Waals surface area (Å²) in [6, 6.07) is 0. The van der Waals surface area contributed by atoms with E-state index in [0.717, 1.165) is 13.1 Å². The van der Waals surface area contributed by atoms with Gasteiger partial charge in [0, 0.05) is 13.1 Å². The van der Waals surface area contributed by atoms with E-state index < -0.39 is 0 Å². The number of rotatable bonds is 1. The molecule has 3 aliphatic heterocycles. The van der Waals surface area contributed by atoms with Crippen LogP contribution in [0.5, 0.6) is 0 Å². The van der Waals surface area contributed by atoms with E-state index in [4.69, 9.17) is 5.11 Å². The molecule has 0 saturated carbocycles. The van der Waals surface area contributed by atoms with Crippen molar-refractivity contribution in [3.63, 3.8) is 0 Å². The van der Waals surface area contributed by atoms with Crippen LogP contribution < -0.4 is 0 Å². The van der Waals surface area contributed by atoms with Crippen molar-refractivity contribution in [1.29, 1.82) is 0 Å². The van der Waals surface area contributed by atoms with Crippen molar-refractivity contribution < 1.29 is 5.11 Å². The van der Waals surface area contributed by atoms with Crippen molar-refractivity contribution in [3.8, 4) is 0 Å². The SMILES string of the molecule is C=CC1CN2CCC1C(=CO)C2. The van der Waals surface area contributed by atoms with Crippen molar-refractivity contribution >= 4 is 0 Å². The van der Waals surface area contributed by atoms with Gasteiger partial charge in [-0.05, 0) is 30.4 Å². The van der Waals surface area contributed by atoms with Crippen LogP contribution in [0, 0.1) is 11.8 Å². The van der Waals surface area contributed by atoms with Crippen molar-refractivity contribution in [1.82, 2.24) is 4.90 Å². The molecule has 3 atom stereocenters. The van der Waals surface area contributed by atoms with Crippen LogP contribution in [0.1, 0.15) is 6.42 Å². The Morgan fingerprint density at radius 1 is 1.58 bits per heavy atom. The van der Waals surface area contributed by atoms with E-state index in [1.807, 2.05) is 6.08 Å². The Balaban J connectivity index is 2.21. The van der Waals surface area contributed by atoms with E-state index in [-0.39, 0.29) is 0 Å². The molecule has 0 amide bonds. The van der Waals surface area contributed by atoms with Gasteiger partial charge in [-0.3, -0.25) is 4.90 Å². The van der Waals surface area contributed by atoms with Crippen LogP contribution in [0.2, 0.25) is 0 Å². The number of nitrogens with zero attached hydrogens (tertiary/aromatic N) is 1. The molecule has 2 heteroatoms. The molecule has 3 heterocycles. The second-order valence-corrected chi connectivity index (χ2v) is 3.73. The Morgan fingerprint density at radius 2 is 2.42 bits per heavy atom. The van der Waals surface area contributed by atoms with Gasteiger partial charge < -0.3 is 5.11 Å². The predicted octanol–water partition coefficient (Wildman–Crippen LogP) is 1.57. The smallest absolute Gasteiger partial charge is 0.0799 e. The van der Waals surface area contributed by atoms with E-state index in [9.17, 15) is 0 Å². The Hall–Kier alpha value is -0.760. The van der Waals surface area contributed by atoms with E-state index in [0.29, 0.717) is 11.8 Å². The summed E-state index contributed by atoms with van der Waals surface area (Å²) < 4.78 is 0. The molecular weight excluding hydrogens is 150 g/mol. The molecule has 0 aliphatic carbocycles. The number of piperidine rings is 3. The first-order valence-electron chi connectivity index (χ1n) is 4.53. The monoisotopic (exact) mass is 165 g/mol. The standard InChI is InChI=1S/C10H15NO/c1-2-8-5-11-4-3-10(8)9(6-11)7-12/h2,7-8,10,12H,1,3-6H2. The summed E-state index contributed by atoms with van der Waals surface area (Å²) in [6.45, 7) is 7.12. The summed E-state index contributed by atoms with van der Waals surface area (Å²) in [5, 5.41) is 9.00. The molecular formula is C10H15NO. The summed E-state index contributed by atoms with van der Waals surface area (Å²) in [5.41, 5.74) is 1.19. The fourth-order valence-electron chi connectivity index (χ4n) is 2.41. The molecule has 0 aromatic rings. The third-order valence-electron chi connectivity index (χ3n) is 3.09. The van der Waals surface area contributed by atoms with Crippen LogP contribution in [-0.4, -0.2) is 29.6 Å². The predicted molar refractivity (Wildman–Crippen MR) is 48.9 cm³/mol. The third-order valence-corrected chi connectivity index (χ3v) is 3.09. The lowest BCUT2D eigenvalue weighted by molar-refractivity contribution is 0.118. The summed E-state index contributed by atoms with van der Waals surface area (Å²) in [4.78, 5) is 2.38. The molecule has 1 N–H and O–H groups in total. The molecule has 3 rings (SSSR count). The lowest BCUT2D eigenvalue weighted by atomic mass is 9.76. The Kier molecular flexibility index (Phi) is 1.93. The maximum Gasteiger partial charge on any atom is 0.0799 e. The highest BCUT2D eigenvalue weighted by Crippen LogP contribution is 2.36. The second-order valence-electron chi connectivity index (χ2n) is 3.73. The molecule has 0 spiro atoms. The van der Waals surface area contributed by atoms with Crippen molar-refractivity contribution in [2.45, 2.75) is 6.42 Å². The van der Waals surface area contributed by atoms with Gasteiger partial charge in [0.05, 0.1) is 6.26 Å². The molecule has 0 aromatic heterocycles. The first kappa shape index (κ1) is 7.87. The van der Waals surface area contributed by atoms with Crippen molar-refractivity contribution in [2.24, 2.45) is 11.8 Å². The minimum absolute atomic E-state index is 0.561. The molecule has 2 bridgehead atoms. The van der Waals surface area contributed by atoms with Gasteiger partial charge in [-0.2, -0.15) is 0 Å². The van der Waals surface area contributed by atoms with Crippen LogP contribution in [0.3, 0.4) is 0 Å². The van der Waals surface area contributed by atoms with E-state index >= 15 is 0 Å². The number of aliphatic hydroxyl groups excluding tert-OH is 1. The summed E-state index contributed by atoms with van der Waals surface area (Å²) in [6.07, 6.45) is 4.51. The van der Waals surface area contributed by atoms with Crippen molar-refractivity contribution in [3.05, 3.63) is 24.5 Å². The Morgan fingerprint density at radius 3 is 3.00 bits per heavy atom. The van der Waals surface area contributed by atoms with Gasteiger partial charge in [0.1, 0.15) is 0 Å². The minimum Gasteiger partial charge on any atom is -0.516 e. The normalized spacial score (nSPS) is 43.3. The fourth-order valence-corrected chi connectivity index (χ4v) is 2.41. The average molecular weight is 165 g/mol. The highest BCUT2D eigenvalue weighted by atomic mass is 16.2. The minimum atomic E-state index is 0.561. The van der Waals surface area contributed by atoms with Crippen molar-refractivity contribution in [2.75, 3.05) is 19.6 Å². The van der Waals surface area contributed by atoms with Crippen LogP contribution in [0.4, 0.5) is 0 Å². The molecule has 3 fully saturated rings. The van der Waals surface area contributed by atoms with Gasteiger partial charge in [0.2, 0.25) is 0 Å². The molecule has 0 radical (unpaired) electrons. The number of hydrogen-bond donors (Lipinski definition) is 1. The zero-order valence-corrected chi connectivity index (χ0v) is 7.24. The molecule has 3 saturated heterocycles. The van der Waals surface area contributed by atoms with Gasteiger partial charge in [-0.25, -0.2) is 0 Å². The topological polar surface area (TPSA) is 23.5 Å². The molecule has 3 aliphatic rings. The van der Waals surface area contributed by atoms with E-state index in [1.165, 1.54) is 24.8 Å². The number of hydrogen-bond acceptors (Lipinski definition) is 2. The van der Waals surface area contributed by atoms with Gasteiger partial charge in [0.15, 0.2) is 0 Å². The van der Waals surface area contributed by atoms with Crippen LogP contribution in [-0.2, 0) is 0 Å². The molecule has 0 aromatic carbocycles.